The number of hydrogen-bond acceptors (Lipinski definition) is 2. The van der Waals surface area contributed by atoms with Crippen LogP contribution in [0.25, 0.3) is 49.9 Å². The number of aromatic nitrogens is 3. The zero-order chi connectivity index (χ0) is 28.0. The van der Waals surface area contributed by atoms with Crippen molar-refractivity contribution < 1.29 is 0 Å². The third kappa shape index (κ3) is 3.40. The van der Waals surface area contributed by atoms with Crippen LogP contribution in [0.15, 0.2) is 121 Å². The topological polar surface area (TPSA) is 30.7 Å². The van der Waals surface area contributed by atoms with Gasteiger partial charge in [0.05, 0.1) is 22.4 Å². The minimum Gasteiger partial charge on any atom is -0.310 e. The summed E-state index contributed by atoms with van der Waals surface area (Å²) >= 11 is 0. The molecular weight excluding hydrogens is 510 g/mol. The molecule has 0 radical (unpaired) electrons. The van der Waals surface area contributed by atoms with Crippen LogP contribution in [0.4, 0.5) is 0 Å². The maximum absolute atomic E-state index is 5.37. The second-order valence-electron chi connectivity index (χ2n) is 12.6. The summed E-state index contributed by atoms with van der Waals surface area (Å²) in [6.07, 6.45) is 16.1. The number of benzene rings is 3. The quantitative estimate of drug-likeness (QED) is 0.228. The molecule has 3 heteroatoms. The van der Waals surface area contributed by atoms with Crippen molar-refractivity contribution in [3.63, 3.8) is 0 Å². The molecule has 4 aliphatic rings. The zero-order valence-corrected chi connectivity index (χ0v) is 23.9. The Labute approximate surface area is 246 Å². The van der Waals surface area contributed by atoms with Gasteiger partial charge in [-0.15, -0.1) is 0 Å². The van der Waals surface area contributed by atoms with Crippen LogP contribution >= 0.6 is 0 Å². The van der Waals surface area contributed by atoms with E-state index in [0.717, 1.165) is 34.8 Å². The van der Waals surface area contributed by atoms with Crippen LogP contribution in [-0.4, -0.2) is 14.5 Å². The summed E-state index contributed by atoms with van der Waals surface area (Å²) in [5.74, 6) is 2.20. The Morgan fingerprint density at radius 3 is 2.17 bits per heavy atom. The van der Waals surface area contributed by atoms with Gasteiger partial charge in [-0.3, -0.25) is 0 Å². The zero-order valence-electron chi connectivity index (χ0n) is 23.9. The fraction of sp³-hybridized carbons (Fsp3) is 0.179. The fourth-order valence-corrected chi connectivity index (χ4v) is 7.48. The lowest BCUT2D eigenvalue weighted by Crippen LogP contribution is -2.19. The van der Waals surface area contributed by atoms with E-state index >= 15 is 0 Å². The molecular formula is C39H31N3. The Kier molecular flexibility index (Phi) is 4.91. The lowest BCUT2D eigenvalue weighted by molar-refractivity contribution is 0.649. The summed E-state index contributed by atoms with van der Waals surface area (Å²) in [5.41, 5.74) is 11.8. The average molecular weight is 542 g/mol. The van der Waals surface area contributed by atoms with Crippen molar-refractivity contribution in [3.8, 4) is 11.3 Å². The Bertz CT molecular complexity index is 2060. The first-order valence-corrected chi connectivity index (χ1v) is 15.1. The van der Waals surface area contributed by atoms with Gasteiger partial charge >= 0.3 is 0 Å². The summed E-state index contributed by atoms with van der Waals surface area (Å²) in [6.45, 7) is 4.68. The van der Waals surface area contributed by atoms with E-state index in [4.69, 9.17) is 9.97 Å². The highest BCUT2D eigenvalue weighted by Crippen LogP contribution is 2.52. The average Bonchev–Trinajstić information content (AvgIpc) is 3.74. The second-order valence-corrected chi connectivity index (χ2v) is 12.6. The molecule has 2 atom stereocenters. The Balaban J connectivity index is 1.23. The number of allylic oxidation sites excluding steroid dienone is 10. The summed E-state index contributed by atoms with van der Waals surface area (Å²) in [6, 6.07) is 28.1. The van der Waals surface area contributed by atoms with Crippen molar-refractivity contribution in [2.75, 3.05) is 0 Å². The standard InChI is InChI=1S/C39H31N3/c1-39(2)32-21-19-28(42-33-14-8-6-12-29(33)30-13-7-9-15-34(30)42)18-20-31(32)37-35(39)36(24-10-4-3-5-11-24)40-38(41-37)26-17-16-25-22-27(25)23-26/h3-19,21,23,25,27H,20,22H2,1-2H3. The van der Waals surface area contributed by atoms with E-state index in [1.54, 1.807) is 0 Å². The fourth-order valence-electron chi connectivity index (χ4n) is 7.48. The predicted molar refractivity (Wildman–Crippen MR) is 174 cm³/mol. The van der Waals surface area contributed by atoms with E-state index in [0.29, 0.717) is 11.8 Å². The van der Waals surface area contributed by atoms with Crippen LogP contribution in [0.3, 0.4) is 0 Å². The molecule has 3 aromatic carbocycles. The minimum atomic E-state index is -0.229. The molecule has 3 nitrogen and oxygen atoms in total. The normalized spacial score (nSPS) is 21.6. The van der Waals surface area contributed by atoms with Gasteiger partial charge in [-0.05, 0) is 54.0 Å². The minimum absolute atomic E-state index is 0.229. The number of para-hydroxylation sites is 2. The summed E-state index contributed by atoms with van der Waals surface area (Å²) in [5, 5.41) is 2.57. The lowest BCUT2D eigenvalue weighted by atomic mass is 9.79. The largest absolute Gasteiger partial charge is 0.310 e. The summed E-state index contributed by atoms with van der Waals surface area (Å²) < 4.78 is 2.42. The molecule has 202 valence electrons. The van der Waals surface area contributed by atoms with E-state index in [9.17, 15) is 0 Å². The van der Waals surface area contributed by atoms with E-state index in [2.05, 4.69) is 134 Å². The van der Waals surface area contributed by atoms with E-state index in [1.165, 1.54) is 50.6 Å². The monoisotopic (exact) mass is 541 g/mol. The second kappa shape index (κ2) is 8.62. The maximum atomic E-state index is 5.37. The molecule has 0 aliphatic heterocycles. The molecule has 0 spiro atoms. The first-order valence-electron chi connectivity index (χ1n) is 15.1. The van der Waals surface area contributed by atoms with Gasteiger partial charge in [-0.1, -0.05) is 111 Å². The van der Waals surface area contributed by atoms with Crippen LogP contribution in [0.1, 0.15) is 43.8 Å². The van der Waals surface area contributed by atoms with Gasteiger partial charge in [-0.2, -0.15) is 0 Å². The van der Waals surface area contributed by atoms with E-state index in [1.807, 2.05) is 0 Å². The molecule has 42 heavy (non-hydrogen) atoms. The number of nitrogens with zero attached hydrogens (tertiary/aromatic N) is 3. The molecule has 0 amide bonds. The van der Waals surface area contributed by atoms with Crippen molar-refractivity contribution in [1.29, 1.82) is 0 Å². The van der Waals surface area contributed by atoms with Crippen molar-refractivity contribution in [1.82, 2.24) is 14.5 Å². The summed E-state index contributed by atoms with van der Waals surface area (Å²) in [4.78, 5) is 10.7. The van der Waals surface area contributed by atoms with Crippen molar-refractivity contribution in [2.45, 2.75) is 32.1 Å². The molecule has 4 aliphatic carbocycles. The van der Waals surface area contributed by atoms with Gasteiger partial charge in [0.1, 0.15) is 0 Å². The number of fused-ring (bicyclic) bond motifs is 6. The Morgan fingerprint density at radius 2 is 1.43 bits per heavy atom. The number of rotatable bonds is 3. The molecule has 1 saturated carbocycles. The smallest absolute Gasteiger partial charge is 0.160 e. The predicted octanol–water partition coefficient (Wildman–Crippen LogP) is 9.39. The van der Waals surface area contributed by atoms with Crippen molar-refractivity contribution in [3.05, 3.63) is 138 Å². The molecule has 2 unspecified atom stereocenters. The highest BCUT2D eigenvalue weighted by atomic mass is 15.0. The first-order chi connectivity index (χ1) is 20.6. The highest BCUT2D eigenvalue weighted by Gasteiger charge is 2.42. The molecule has 5 aromatic rings. The first kappa shape index (κ1) is 23.9. The van der Waals surface area contributed by atoms with Gasteiger partial charge in [0, 0.05) is 38.6 Å². The molecule has 0 saturated heterocycles. The third-order valence-corrected chi connectivity index (χ3v) is 9.71. The SMILES string of the molecule is CC1(C)C2=C(CC=C(n3c4ccccc4c4ccccc43)C=C2)c2nc(C3=CC4CC4C=C3)nc(-c3ccccc3)c21. The number of hydrogen-bond donors (Lipinski definition) is 0. The molecule has 0 N–H and O–H groups in total. The highest BCUT2D eigenvalue weighted by molar-refractivity contribution is 6.10. The van der Waals surface area contributed by atoms with Gasteiger partial charge in [0.25, 0.3) is 0 Å². The maximum Gasteiger partial charge on any atom is 0.160 e. The molecule has 0 bridgehead atoms. The van der Waals surface area contributed by atoms with Crippen molar-refractivity contribution >= 4 is 38.6 Å². The van der Waals surface area contributed by atoms with E-state index in [-0.39, 0.29) is 5.41 Å². The van der Waals surface area contributed by atoms with Crippen LogP contribution in [0.2, 0.25) is 0 Å². The van der Waals surface area contributed by atoms with Crippen LogP contribution in [0, 0.1) is 11.8 Å². The van der Waals surface area contributed by atoms with Gasteiger partial charge in [0.15, 0.2) is 5.82 Å². The molecule has 2 heterocycles. The van der Waals surface area contributed by atoms with Gasteiger partial charge in [-0.25, -0.2) is 9.97 Å². The lowest BCUT2D eigenvalue weighted by Gasteiger charge is -2.25. The molecule has 2 aromatic heterocycles. The third-order valence-electron chi connectivity index (χ3n) is 9.71. The molecule has 9 rings (SSSR count). The van der Waals surface area contributed by atoms with Gasteiger partial charge < -0.3 is 4.57 Å². The Morgan fingerprint density at radius 1 is 0.738 bits per heavy atom. The summed E-state index contributed by atoms with van der Waals surface area (Å²) in [7, 11) is 0. The van der Waals surface area contributed by atoms with Crippen LogP contribution < -0.4 is 0 Å². The Hall–Kier alpha value is -4.76. The molecule has 1 fully saturated rings. The van der Waals surface area contributed by atoms with E-state index < -0.39 is 0 Å². The van der Waals surface area contributed by atoms with Gasteiger partial charge in [0.2, 0.25) is 0 Å². The van der Waals surface area contributed by atoms with Crippen molar-refractivity contribution in [2.24, 2.45) is 11.8 Å². The van der Waals surface area contributed by atoms with Crippen LogP contribution in [0.5, 0.6) is 0 Å². The van der Waals surface area contributed by atoms with Crippen LogP contribution in [-0.2, 0) is 5.41 Å².